The van der Waals surface area contributed by atoms with Crippen LogP contribution < -0.4 is 10.6 Å². The predicted octanol–water partition coefficient (Wildman–Crippen LogP) is 1.99. The summed E-state index contributed by atoms with van der Waals surface area (Å²) in [5, 5.41) is 26.0. The number of nitrogens with one attached hydrogen (secondary N) is 2. The Bertz CT molecular complexity index is 744. The van der Waals surface area contributed by atoms with Gasteiger partial charge in [0.05, 0.1) is 12.1 Å². The highest BCUT2D eigenvalue weighted by Crippen LogP contribution is 2.42. The molecule has 0 radical (unpaired) electrons. The lowest BCUT2D eigenvalue weighted by Gasteiger charge is -2.17. The minimum atomic E-state index is -0.435. The van der Waals surface area contributed by atoms with E-state index in [1.165, 1.54) is 29.7 Å². The van der Waals surface area contributed by atoms with Crippen molar-refractivity contribution in [2.24, 2.45) is 0 Å². The molecular weight excluding hydrogens is 324 g/mol. The van der Waals surface area contributed by atoms with Gasteiger partial charge in [-0.25, -0.2) is 0 Å². The van der Waals surface area contributed by atoms with E-state index in [1.54, 1.807) is 0 Å². The van der Waals surface area contributed by atoms with Crippen LogP contribution in [0.2, 0.25) is 0 Å². The topological polar surface area (TPSA) is 87.1 Å². The van der Waals surface area contributed by atoms with E-state index in [4.69, 9.17) is 0 Å². The molecule has 0 bridgehead atoms. The quantitative estimate of drug-likeness (QED) is 0.746. The van der Waals surface area contributed by atoms with Crippen molar-refractivity contribution in [2.45, 2.75) is 43.7 Å². The van der Waals surface area contributed by atoms with Gasteiger partial charge in [-0.15, -0.1) is 10.2 Å². The van der Waals surface area contributed by atoms with E-state index in [0.717, 1.165) is 10.6 Å². The van der Waals surface area contributed by atoms with E-state index in [1.807, 2.05) is 24.3 Å². The van der Waals surface area contributed by atoms with Gasteiger partial charge in [-0.05, 0) is 24.0 Å². The molecule has 0 spiro atoms. The van der Waals surface area contributed by atoms with Crippen LogP contribution >= 0.6 is 11.3 Å². The summed E-state index contributed by atoms with van der Waals surface area (Å²) in [6.07, 6.45) is 2.92. The van der Waals surface area contributed by atoms with Crippen LogP contribution in [-0.4, -0.2) is 33.9 Å². The fraction of sp³-hybridized carbons (Fsp3) is 0.471. The third kappa shape index (κ3) is 3.33. The Hall–Kier alpha value is -1.83. The molecule has 1 saturated carbocycles. The zero-order chi connectivity index (χ0) is 16.5. The number of benzene rings is 1. The van der Waals surface area contributed by atoms with Gasteiger partial charge in [0.25, 0.3) is 0 Å². The van der Waals surface area contributed by atoms with Gasteiger partial charge in [0.15, 0.2) is 0 Å². The van der Waals surface area contributed by atoms with Crippen LogP contribution in [0.3, 0.4) is 0 Å². The van der Waals surface area contributed by atoms with Gasteiger partial charge in [0, 0.05) is 25.3 Å². The molecule has 2 aliphatic rings. The number of rotatable bonds is 6. The van der Waals surface area contributed by atoms with E-state index in [0.29, 0.717) is 30.4 Å². The van der Waals surface area contributed by atoms with Gasteiger partial charge >= 0.3 is 0 Å². The Kier molecular flexibility index (Phi) is 4.30. The third-order valence-corrected chi connectivity index (χ3v) is 5.54. The van der Waals surface area contributed by atoms with Crippen molar-refractivity contribution in [3.8, 4) is 0 Å². The van der Waals surface area contributed by atoms with Gasteiger partial charge in [0.2, 0.25) is 11.0 Å². The van der Waals surface area contributed by atoms with Crippen LogP contribution in [-0.2, 0) is 11.2 Å². The highest BCUT2D eigenvalue weighted by molar-refractivity contribution is 7.15. The molecule has 1 heterocycles. The second-order valence-corrected chi connectivity index (χ2v) is 7.43. The van der Waals surface area contributed by atoms with Crippen molar-refractivity contribution < 1.29 is 9.90 Å². The van der Waals surface area contributed by atoms with E-state index < -0.39 is 6.10 Å². The molecule has 0 unspecified atom stereocenters. The Morgan fingerprint density at radius 3 is 2.96 bits per heavy atom. The lowest BCUT2D eigenvalue weighted by Crippen LogP contribution is -2.31. The number of hydrogen-bond acceptors (Lipinski definition) is 6. The number of anilines is 1. The first-order valence-corrected chi connectivity index (χ1v) is 9.15. The minimum Gasteiger partial charge on any atom is -0.391 e. The Morgan fingerprint density at radius 2 is 2.12 bits per heavy atom. The van der Waals surface area contributed by atoms with Crippen LogP contribution in [0.5, 0.6) is 0 Å². The van der Waals surface area contributed by atoms with Gasteiger partial charge in [-0.3, -0.25) is 4.79 Å². The van der Waals surface area contributed by atoms with E-state index in [2.05, 4.69) is 20.8 Å². The summed E-state index contributed by atoms with van der Waals surface area (Å²) in [7, 11) is 0. The summed E-state index contributed by atoms with van der Waals surface area (Å²) in [6.45, 7) is 0.510. The normalized spacial score (nSPS) is 22.4. The fourth-order valence-electron chi connectivity index (χ4n) is 3.12. The molecule has 2 aromatic rings. The molecule has 2 aliphatic carbocycles. The van der Waals surface area contributed by atoms with Crippen LogP contribution in [0.1, 0.15) is 47.4 Å². The van der Waals surface area contributed by atoms with Crippen LogP contribution in [0, 0.1) is 0 Å². The number of aromatic nitrogens is 2. The van der Waals surface area contributed by atoms with Crippen molar-refractivity contribution >= 4 is 22.4 Å². The van der Waals surface area contributed by atoms with Crippen LogP contribution in [0.25, 0.3) is 0 Å². The number of amides is 1. The van der Waals surface area contributed by atoms with Gasteiger partial charge in [-0.1, -0.05) is 35.6 Å². The molecule has 126 valence electrons. The molecule has 0 saturated heterocycles. The summed E-state index contributed by atoms with van der Waals surface area (Å²) in [5.41, 5.74) is 2.30. The number of aliphatic hydroxyl groups is 1. The summed E-state index contributed by atoms with van der Waals surface area (Å²) in [4.78, 5) is 12.0. The minimum absolute atomic E-state index is 0.0817. The Balaban J connectivity index is 1.27. The summed E-state index contributed by atoms with van der Waals surface area (Å²) in [5.74, 6) is 0.473. The van der Waals surface area contributed by atoms with Gasteiger partial charge in [-0.2, -0.15) is 0 Å². The molecule has 1 amide bonds. The smallest absolute Gasteiger partial charge is 0.227 e. The maximum atomic E-state index is 12.0. The highest BCUT2D eigenvalue weighted by atomic mass is 32.1. The Morgan fingerprint density at radius 1 is 1.29 bits per heavy atom. The largest absolute Gasteiger partial charge is 0.391 e. The van der Waals surface area contributed by atoms with Crippen LogP contribution in [0.4, 0.5) is 5.13 Å². The van der Waals surface area contributed by atoms with Crippen molar-refractivity contribution in [2.75, 3.05) is 11.9 Å². The maximum absolute atomic E-state index is 12.0. The zero-order valence-corrected chi connectivity index (χ0v) is 14.1. The molecule has 3 N–H and O–H groups in total. The molecule has 6 nitrogen and oxygen atoms in total. The van der Waals surface area contributed by atoms with Crippen molar-refractivity contribution in [3.05, 3.63) is 40.4 Å². The first-order chi connectivity index (χ1) is 11.7. The predicted molar refractivity (Wildman–Crippen MR) is 92.0 cm³/mol. The number of carbonyl (C=O) groups excluding carboxylic acids is 1. The monoisotopic (exact) mass is 344 g/mol. The Labute approximate surface area is 144 Å². The zero-order valence-electron chi connectivity index (χ0n) is 13.2. The first-order valence-electron chi connectivity index (χ1n) is 8.33. The second-order valence-electron chi connectivity index (χ2n) is 6.42. The fourth-order valence-corrected chi connectivity index (χ4v) is 4.05. The van der Waals surface area contributed by atoms with Crippen molar-refractivity contribution in [1.82, 2.24) is 15.5 Å². The lowest BCUT2D eigenvalue weighted by molar-refractivity contribution is -0.116. The number of hydrogen-bond donors (Lipinski definition) is 3. The molecule has 4 rings (SSSR count). The molecule has 7 heteroatoms. The molecule has 1 fully saturated rings. The molecule has 1 aromatic heterocycles. The first kappa shape index (κ1) is 15.7. The average molecular weight is 344 g/mol. The van der Waals surface area contributed by atoms with Gasteiger partial charge in [0.1, 0.15) is 5.01 Å². The van der Waals surface area contributed by atoms with E-state index in [9.17, 15) is 9.90 Å². The third-order valence-electron chi connectivity index (χ3n) is 4.53. The SMILES string of the molecule is O=C(CCN[C@H]1c2ccccc2C[C@H]1O)Nc1nnc(C2CC2)s1. The molecular formula is C17H20N4O2S. The molecule has 1 aromatic carbocycles. The highest BCUT2D eigenvalue weighted by Gasteiger charge is 2.30. The standard InChI is InChI=1S/C17H20N4O2S/c22-13-9-11-3-1-2-4-12(11)15(13)18-8-7-14(23)19-17-21-20-16(24-17)10-5-6-10/h1-4,10,13,15,18,22H,5-9H2,(H,19,21,23)/t13-,15+/m1/s1. The molecule has 24 heavy (non-hydrogen) atoms. The molecule has 0 aliphatic heterocycles. The summed E-state index contributed by atoms with van der Waals surface area (Å²) >= 11 is 1.47. The number of aliphatic hydroxyl groups excluding tert-OH is 1. The van der Waals surface area contributed by atoms with E-state index >= 15 is 0 Å². The van der Waals surface area contributed by atoms with Crippen molar-refractivity contribution in [1.29, 1.82) is 0 Å². The average Bonchev–Trinajstić information content (AvgIpc) is 3.24. The number of fused-ring (bicyclic) bond motifs is 1. The number of nitrogens with zero attached hydrogens (tertiary/aromatic N) is 2. The molecule has 2 atom stereocenters. The van der Waals surface area contributed by atoms with E-state index in [-0.39, 0.29) is 11.9 Å². The van der Waals surface area contributed by atoms with Crippen LogP contribution in [0.15, 0.2) is 24.3 Å². The maximum Gasteiger partial charge on any atom is 0.227 e. The summed E-state index contributed by atoms with van der Waals surface area (Å²) in [6, 6.07) is 7.94. The van der Waals surface area contributed by atoms with Gasteiger partial charge < -0.3 is 15.7 Å². The van der Waals surface area contributed by atoms with Crippen molar-refractivity contribution in [3.63, 3.8) is 0 Å². The second kappa shape index (κ2) is 6.58. The number of carbonyl (C=O) groups is 1. The lowest BCUT2D eigenvalue weighted by atomic mass is 10.1. The summed E-state index contributed by atoms with van der Waals surface area (Å²) < 4.78 is 0.